The molecule has 3 rings (SSSR count). The van der Waals surface area contributed by atoms with Gasteiger partial charge in [-0.15, -0.1) is 0 Å². The summed E-state index contributed by atoms with van der Waals surface area (Å²) in [6.45, 7) is 0.270. The number of sulfonamides is 2. The fraction of sp³-hybridized carbons (Fsp3) is 0.200. The molecule has 0 unspecified atom stereocenters. The van der Waals surface area contributed by atoms with Crippen LogP contribution in [0, 0.1) is 0 Å². The molecule has 24 heavy (non-hydrogen) atoms. The predicted molar refractivity (Wildman–Crippen MR) is 90.3 cm³/mol. The summed E-state index contributed by atoms with van der Waals surface area (Å²) < 4.78 is 58.1. The molecular weight excluding hydrogens is 352 g/mol. The van der Waals surface area contributed by atoms with Crippen molar-refractivity contribution in [1.29, 1.82) is 0 Å². The van der Waals surface area contributed by atoms with Crippen molar-refractivity contribution in [2.75, 3.05) is 17.5 Å². The topological polar surface area (TPSA) is 102 Å². The molecule has 0 saturated carbocycles. The quantitative estimate of drug-likeness (QED) is 0.855. The maximum Gasteiger partial charge on any atom is 0.240 e. The van der Waals surface area contributed by atoms with E-state index in [9.17, 15) is 16.8 Å². The van der Waals surface area contributed by atoms with Crippen LogP contribution in [0.3, 0.4) is 0 Å². The molecule has 0 aromatic heterocycles. The molecule has 128 valence electrons. The van der Waals surface area contributed by atoms with Gasteiger partial charge in [-0.05, 0) is 30.2 Å². The van der Waals surface area contributed by atoms with Crippen LogP contribution < -0.4 is 14.2 Å². The third kappa shape index (κ3) is 3.69. The van der Waals surface area contributed by atoms with E-state index in [1.165, 1.54) is 12.1 Å². The van der Waals surface area contributed by atoms with Gasteiger partial charge >= 0.3 is 0 Å². The van der Waals surface area contributed by atoms with Gasteiger partial charge in [-0.3, -0.25) is 4.72 Å². The van der Waals surface area contributed by atoms with Gasteiger partial charge in [-0.1, -0.05) is 18.2 Å². The van der Waals surface area contributed by atoms with E-state index in [0.717, 1.165) is 6.26 Å². The van der Waals surface area contributed by atoms with Gasteiger partial charge in [0, 0.05) is 12.6 Å². The third-order valence-corrected chi connectivity index (χ3v) is 5.54. The second-order valence-corrected chi connectivity index (χ2v) is 8.88. The molecule has 0 bridgehead atoms. The minimum absolute atomic E-state index is 0.0960. The lowest BCUT2D eigenvalue weighted by Gasteiger charge is -2.21. The SMILES string of the molecule is CS(=O)(=O)Nc1cc2c(cc1Oc1ccccc1)S(=O)(=O)NCC2. The van der Waals surface area contributed by atoms with Gasteiger partial charge in [0.1, 0.15) is 5.75 Å². The molecule has 9 heteroatoms. The fourth-order valence-corrected chi connectivity index (χ4v) is 4.28. The third-order valence-electron chi connectivity index (χ3n) is 3.41. The Balaban J connectivity index is 2.13. The van der Waals surface area contributed by atoms with Gasteiger partial charge in [0.25, 0.3) is 0 Å². The summed E-state index contributed by atoms with van der Waals surface area (Å²) in [7, 11) is -7.17. The van der Waals surface area contributed by atoms with E-state index < -0.39 is 20.0 Å². The molecule has 0 amide bonds. The Hall–Kier alpha value is -2.10. The van der Waals surface area contributed by atoms with Crippen LogP contribution in [-0.2, 0) is 26.5 Å². The van der Waals surface area contributed by atoms with Gasteiger partial charge in [-0.25, -0.2) is 21.6 Å². The Labute approximate surface area is 140 Å². The summed E-state index contributed by atoms with van der Waals surface area (Å²) in [6.07, 6.45) is 1.50. The van der Waals surface area contributed by atoms with Crippen LogP contribution in [0.1, 0.15) is 5.56 Å². The summed E-state index contributed by atoms with van der Waals surface area (Å²) in [5.74, 6) is 0.591. The Morgan fingerprint density at radius 3 is 2.54 bits per heavy atom. The van der Waals surface area contributed by atoms with Crippen molar-refractivity contribution in [2.45, 2.75) is 11.3 Å². The first kappa shape index (κ1) is 16.7. The molecular formula is C15H16N2O5S2. The molecule has 0 atom stereocenters. The number of nitrogens with one attached hydrogen (secondary N) is 2. The number of rotatable bonds is 4. The average Bonchev–Trinajstić information content (AvgIpc) is 2.48. The Morgan fingerprint density at radius 1 is 1.17 bits per heavy atom. The zero-order chi connectivity index (χ0) is 17.4. The first-order valence-electron chi connectivity index (χ1n) is 7.12. The van der Waals surface area contributed by atoms with E-state index in [2.05, 4.69) is 9.44 Å². The van der Waals surface area contributed by atoms with E-state index in [4.69, 9.17) is 4.74 Å². The standard InChI is InChI=1S/C15H16N2O5S2/c1-23(18,19)17-13-9-11-7-8-16-24(20,21)15(11)10-14(13)22-12-5-3-2-4-6-12/h2-6,9-10,16-17H,7-8H2,1H3. The number of hydrogen-bond donors (Lipinski definition) is 2. The monoisotopic (exact) mass is 368 g/mol. The highest BCUT2D eigenvalue weighted by molar-refractivity contribution is 7.92. The minimum Gasteiger partial charge on any atom is -0.455 e. The molecule has 0 fully saturated rings. The molecule has 0 saturated heterocycles. The number of fused-ring (bicyclic) bond motifs is 1. The van der Waals surface area contributed by atoms with Gasteiger partial charge < -0.3 is 4.74 Å². The number of benzene rings is 2. The molecule has 2 aromatic rings. The second-order valence-electron chi connectivity index (χ2n) is 5.39. The summed E-state index contributed by atoms with van der Waals surface area (Å²) in [5.41, 5.74) is 0.748. The average molecular weight is 368 g/mol. The highest BCUT2D eigenvalue weighted by atomic mass is 32.2. The van der Waals surface area contributed by atoms with Crippen molar-refractivity contribution >= 4 is 25.7 Å². The smallest absolute Gasteiger partial charge is 0.240 e. The summed E-state index contributed by atoms with van der Waals surface area (Å²) in [5, 5.41) is 0. The minimum atomic E-state index is -3.62. The molecule has 7 nitrogen and oxygen atoms in total. The molecule has 0 aliphatic carbocycles. The van der Waals surface area contributed by atoms with E-state index in [1.807, 2.05) is 6.07 Å². The van der Waals surface area contributed by atoms with Crippen LogP contribution in [0.15, 0.2) is 47.4 Å². The maximum atomic E-state index is 12.2. The second kappa shape index (κ2) is 6.08. The molecule has 1 heterocycles. The van der Waals surface area contributed by atoms with Gasteiger partial charge in [-0.2, -0.15) is 0 Å². The Kier molecular flexibility index (Phi) is 4.24. The van der Waals surface area contributed by atoms with Crippen LogP contribution in [0.4, 0.5) is 5.69 Å². The van der Waals surface area contributed by atoms with Crippen molar-refractivity contribution < 1.29 is 21.6 Å². The van der Waals surface area contributed by atoms with E-state index in [1.54, 1.807) is 24.3 Å². The summed E-state index contributed by atoms with van der Waals surface area (Å²) in [6, 6.07) is 11.6. The predicted octanol–water partition coefficient (Wildman–Crippen LogP) is 1.68. The van der Waals surface area contributed by atoms with Crippen LogP contribution in [-0.4, -0.2) is 29.6 Å². The molecule has 1 aliphatic rings. The normalized spacial score (nSPS) is 16.2. The zero-order valence-electron chi connectivity index (χ0n) is 12.8. The van der Waals surface area contributed by atoms with Crippen LogP contribution in [0.2, 0.25) is 0 Å². The lowest BCUT2D eigenvalue weighted by molar-refractivity contribution is 0.481. The van der Waals surface area contributed by atoms with Crippen LogP contribution in [0.25, 0.3) is 0 Å². The fourth-order valence-electron chi connectivity index (χ4n) is 2.43. The van der Waals surface area contributed by atoms with E-state index in [0.29, 0.717) is 17.7 Å². The number of ether oxygens (including phenoxy) is 1. The lowest BCUT2D eigenvalue weighted by atomic mass is 10.1. The number of para-hydroxylation sites is 1. The van der Waals surface area contributed by atoms with Crippen molar-refractivity contribution in [3.63, 3.8) is 0 Å². The van der Waals surface area contributed by atoms with Gasteiger partial charge in [0.05, 0.1) is 16.8 Å². The molecule has 0 spiro atoms. The largest absolute Gasteiger partial charge is 0.455 e. The van der Waals surface area contributed by atoms with Crippen molar-refractivity contribution in [3.05, 3.63) is 48.0 Å². The highest BCUT2D eigenvalue weighted by Gasteiger charge is 2.26. The maximum absolute atomic E-state index is 12.2. The summed E-state index contributed by atoms with van der Waals surface area (Å²) >= 11 is 0. The molecule has 1 aliphatic heterocycles. The molecule has 2 aromatic carbocycles. The van der Waals surface area contributed by atoms with Gasteiger partial charge in [0.2, 0.25) is 20.0 Å². The van der Waals surface area contributed by atoms with E-state index >= 15 is 0 Å². The first-order valence-corrected chi connectivity index (χ1v) is 10.5. The summed E-state index contributed by atoms with van der Waals surface area (Å²) in [4.78, 5) is 0.0960. The lowest BCUT2D eigenvalue weighted by Crippen LogP contribution is -2.31. The van der Waals surface area contributed by atoms with Crippen LogP contribution >= 0.6 is 0 Å². The first-order chi connectivity index (χ1) is 11.2. The van der Waals surface area contributed by atoms with Crippen molar-refractivity contribution in [3.8, 4) is 11.5 Å². The molecule has 2 N–H and O–H groups in total. The Morgan fingerprint density at radius 2 is 1.88 bits per heavy atom. The zero-order valence-corrected chi connectivity index (χ0v) is 14.4. The number of hydrogen-bond acceptors (Lipinski definition) is 5. The van der Waals surface area contributed by atoms with Crippen molar-refractivity contribution in [2.24, 2.45) is 0 Å². The van der Waals surface area contributed by atoms with Crippen molar-refractivity contribution in [1.82, 2.24) is 4.72 Å². The van der Waals surface area contributed by atoms with Gasteiger partial charge in [0.15, 0.2) is 5.75 Å². The highest BCUT2D eigenvalue weighted by Crippen LogP contribution is 2.36. The van der Waals surface area contributed by atoms with Crippen LogP contribution in [0.5, 0.6) is 11.5 Å². The number of anilines is 1. The van der Waals surface area contributed by atoms with E-state index in [-0.39, 0.29) is 22.9 Å². The molecule has 0 radical (unpaired) electrons. The Bertz CT molecular complexity index is 970.